The van der Waals surface area contributed by atoms with Crippen LogP contribution in [0, 0.1) is 11.6 Å². The van der Waals surface area contributed by atoms with Gasteiger partial charge in [-0.25, -0.2) is 8.78 Å². The van der Waals surface area contributed by atoms with Gasteiger partial charge < -0.3 is 10.4 Å². The first kappa shape index (κ1) is 15.4. The molecule has 0 aliphatic carbocycles. The lowest BCUT2D eigenvalue weighted by Crippen LogP contribution is -2.08. The van der Waals surface area contributed by atoms with Gasteiger partial charge in [-0.05, 0) is 33.1 Å². The van der Waals surface area contributed by atoms with E-state index in [-0.39, 0.29) is 23.1 Å². The first-order valence-electron chi connectivity index (χ1n) is 6.14. The fraction of sp³-hybridized carbons (Fsp3) is 0.133. The topological polar surface area (TPSA) is 49.3 Å². The fourth-order valence-electron chi connectivity index (χ4n) is 1.91. The van der Waals surface area contributed by atoms with Gasteiger partial charge in [-0.15, -0.1) is 0 Å². The highest BCUT2D eigenvalue weighted by Crippen LogP contribution is 2.24. The smallest absolute Gasteiger partial charge is 0.307 e. The number of carboxylic acid groups (broad SMARTS) is 1. The van der Waals surface area contributed by atoms with E-state index in [4.69, 9.17) is 5.11 Å². The van der Waals surface area contributed by atoms with Crippen molar-refractivity contribution in [1.82, 2.24) is 0 Å². The summed E-state index contributed by atoms with van der Waals surface area (Å²) < 4.78 is 27.1. The molecule has 21 heavy (non-hydrogen) atoms. The molecule has 0 unspecified atom stereocenters. The van der Waals surface area contributed by atoms with E-state index in [1.807, 2.05) is 0 Å². The average Bonchev–Trinajstić information content (AvgIpc) is 2.42. The Balaban J connectivity index is 2.17. The molecule has 2 N–H and O–H groups in total. The predicted octanol–water partition coefficient (Wildman–Crippen LogP) is 3.97. The number of anilines is 1. The Labute approximate surface area is 128 Å². The Hall–Kier alpha value is -1.95. The van der Waals surface area contributed by atoms with Crippen molar-refractivity contribution < 1.29 is 18.7 Å². The first-order valence-corrected chi connectivity index (χ1v) is 6.93. The molecule has 110 valence electrons. The third kappa shape index (κ3) is 4.01. The van der Waals surface area contributed by atoms with Gasteiger partial charge in [0.1, 0.15) is 11.6 Å². The third-order valence-corrected chi connectivity index (χ3v) is 3.55. The summed E-state index contributed by atoms with van der Waals surface area (Å²) in [5, 5.41) is 11.6. The zero-order chi connectivity index (χ0) is 15.4. The molecule has 0 radical (unpaired) electrons. The molecule has 0 aliphatic rings. The Kier molecular flexibility index (Phi) is 4.90. The van der Waals surface area contributed by atoms with Gasteiger partial charge >= 0.3 is 5.97 Å². The molecule has 0 fully saturated rings. The van der Waals surface area contributed by atoms with Gasteiger partial charge in [-0.2, -0.15) is 0 Å². The minimum absolute atomic E-state index is 0.0285. The van der Waals surface area contributed by atoms with Gasteiger partial charge in [0.2, 0.25) is 0 Å². The molecule has 6 heteroatoms. The zero-order valence-electron chi connectivity index (χ0n) is 10.9. The van der Waals surface area contributed by atoms with Crippen LogP contribution in [0.5, 0.6) is 0 Å². The predicted molar refractivity (Wildman–Crippen MR) is 79.2 cm³/mol. The number of nitrogens with one attached hydrogen (secondary N) is 1. The summed E-state index contributed by atoms with van der Waals surface area (Å²) >= 11 is 2.91. The zero-order valence-corrected chi connectivity index (χ0v) is 12.5. The monoisotopic (exact) mass is 355 g/mol. The highest BCUT2D eigenvalue weighted by atomic mass is 79.9. The molecule has 3 nitrogen and oxygen atoms in total. The second-order valence-electron chi connectivity index (χ2n) is 4.44. The summed E-state index contributed by atoms with van der Waals surface area (Å²) in [7, 11) is 0. The lowest BCUT2D eigenvalue weighted by molar-refractivity contribution is -0.136. The van der Waals surface area contributed by atoms with Crippen molar-refractivity contribution in [3.8, 4) is 0 Å². The second kappa shape index (κ2) is 6.67. The van der Waals surface area contributed by atoms with Gasteiger partial charge in [-0.1, -0.05) is 24.3 Å². The molecular formula is C15H12BrF2NO2. The minimum atomic E-state index is -0.941. The van der Waals surface area contributed by atoms with Gasteiger partial charge in [0.05, 0.1) is 16.6 Å². The number of carbonyl (C=O) groups is 1. The number of benzene rings is 2. The molecule has 0 saturated heterocycles. The van der Waals surface area contributed by atoms with E-state index in [1.54, 1.807) is 24.3 Å². The third-order valence-electron chi connectivity index (χ3n) is 2.94. The second-order valence-corrected chi connectivity index (χ2v) is 5.29. The number of halogens is 3. The van der Waals surface area contributed by atoms with Crippen molar-refractivity contribution in [3.63, 3.8) is 0 Å². The van der Waals surface area contributed by atoms with Crippen LogP contribution in [0.25, 0.3) is 0 Å². The minimum Gasteiger partial charge on any atom is -0.481 e. The van der Waals surface area contributed by atoms with E-state index in [0.29, 0.717) is 5.56 Å². The normalized spacial score (nSPS) is 10.4. The Morgan fingerprint density at radius 1 is 1.14 bits per heavy atom. The molecule has 2 aromatic rings. The van der Waals surface area contributed by atoms with Gasteiger partial charge in [0, 0.05) is 12.6 Å². The molecule has 2 aromatic carbocycles. The van der Waals surface area contributed by atoms with Gasteiger partial charge in [0.15, 0.2) is 0 Å². The molecule has 0 aromatic heterocycles. The van der Waals surface area contributed by atoms with Crippen LogP contribution in [-0.2, 0) is 17.8 Å². The summed E-state index contributed by atoms with van der Waals surface area (Å²) in [5.41, 5.74) is 1.39. The van der Waals surface area contributed by atoms with Crippen LogP contribution in [0.4, 0.5) is 14.5 Å². The number of hydrogen-bond acceptors (Lipinski definition) is 2. The summed E-state index contributed by atoms with van der Waals surface area (Å²) in [5.74, 6) is -2.10. The Morgan fingerprint density at radius 3 is 2.48 bits per heavy atom. The lowest BCUT2D eigenvalue weighted by Gasteiger charge is -2.11. The molecular weight excluding hydrogens is 344 g/mol. The van der Waals surface area contributed by atoms with E-state index >= 15 is 0 Å². The van der Waals surface area contributed by atoms with Crippen LogP contribution in [0.15, 0.2) is 40.9 Å². The SMILES string of the molecule is O=C(O)Cc1ccccc1CNc1cc(F)c(Br)cc1F. The van der Waals surface area contributed by atoms with Crippen LogP contribution >= 0.6 is 15.9 Å². The van der Waals surface area contributed by atoms with Gasteiger partial charge in [0.25, 0.3) is 0 Å². The van der Waals surface area contributed by atoms with Crippen molar-refractivity contribution in [3.05, 3.63) is 63.6 Å². The maximum atomic E-state index is 13.7. The van der Waals surface area contributed by atoms with Crippen molar-refractivity contribution in [1.29, 1.82) is 0 Å². The highest BCUT2D eigenvalue weighted by Gasteiger charge is 2.10. The van der Waals surface area contributed by atoms with Crippen molar-refractivity contribution >= 4 is 27.6 Å². The average molecular weight is 356 g/mol. The standard InChI is InChI=1S/C15H12BrF2NO2/c16-11-6-13(18)14(7-12(11)17)19-8-10-4-2-1-3-9(10)5-15(20)21/h1-4,6-7,19H,5,8H2,(H,20,21). The first-order chi connectivity index (χ1) is 9.97. The van der Waals surface area contributed by atoms with Crippen molar-refractivity contribution in [2.45, 2.75) is 13.0 Å². The van der Waals surface area contributed by atoms with E-state index in [0.717, 1.165) is 17.7 Å². The van der Waals surface area contributed by atoms with Crippen LogP contribution in [-0.4, -0.2) is 11.1 Å². The van der Waals surface area contributed by atoms with Crippen LogP contribution in [0.3, 0.4) is 0 Å². The highest BCUT2D eigenvalue weighted by molar-refractivity contribution is 9.10. The summed E-state index contributed by atoms with van der Waals surface area (Å²) in [4.78, 5) is 10.8. The molecule has 0 heterocycles. The van der Waals surface area contributed by atoms with E-state index in [2.05, 4.69) is 21.2 Å². The Morgan fingerprint density at radius 2 is 1.81 bits per heavy atom. The number of rotatable bonds is 5. The van der Waals surface area contributed by atoms with Gasteiger partial charge in [-0.3, -0.25) is 4.79 Å². The number of hydrogen-bond donors (Lipinski definition) is 2. The molecule has 0 amide bonds. The molecule has 0 bridgehead atoms. The summed E-state index contributed by atoms with van der Waals surface area (Å²) in [6.45, 7) is 0.210. The molecule has 2 rings (SSSR count). The quantitative estimate of drug-likeness (QED) is 0.798. The van der Waals surface area contributed by atoms with Crippen LogP contribution in [0.1, 0.15) is 11.1 Å². The van der Waals surface area contributed by atoms with Crippen molar-refractivity contribution in [2.24, 2.45) is 0 Å². The van der Waals surface area contributed by atoms with E-state index < -0.39 is 17.6 Å². The molecule has 0 spiro atoms. The lowest BCUT2D eigenvalue weighted by atomic mass is 10.0. The largest absolute Gasteiger partial charge is 0.481 e. The maximum Gasteiger partial charge on any atom is 0.307 e. The van der Waals surface area contributed by atoms with Crippen LogP contribution in [0.2, 0.25) is 0 Å². The summed E-state index contributed by atoms with van der Waals surface area (Å²) in [6, 6.07) is 9.05. The number of aliphatic carboxylic acids is 1. The molecule has 0 saturated carbocycles. The molecule has 0 atom stereocenters. The fourth-order valence-corrected chi connectivity index (χ4v) is 2.23. The maximum absolute atomic E-state index is 13.7. The van der Waals surface area contributed by atoms with Crippen LogP contribution < -0.4 is 5.32 Å². The van der Waals surface area contributed by atoms with Crippen molar-refractivity contribution in [2.75, 3.05) is 5.32 Å². The molecule has 0 aliphatic heterocycles. The Bertz CT molecular complexity index is 677. The number of carboxylic acids is 1. The van der Waals surface area contributed by atoms with E-state index in [9.17, 15) is 13.6 Å². The summed E-state index contributed by atoms with van der Waals surface area (Å²) in [6.07, 6.45) is -0.116. The van der Waals surface area contributed by atoms with E-state index in [1.165, 1.54) is 0 Å².